The minimum absolute atomic E-state index is 0.105. The van der Waals surface area contributed by atoms with Gasteiger partial charge in [0.05, 0.1) is 6.20 Å². The second-order valence-electron chi connectivity index (χ2n) is 5.21. The van der Waals surface area contributed by atoms with Gasteiger partial charge in [-0.05, 0) is 30.5 Å². The van der Waals surface area contributed by atoms with E-state index in [1.165, 1.54) is 0 Å². The standard InChI is InChI=1S/C15H18N4O/c16-13-3-1-2-11(8-13)12-9-17-19(10-12)7-6-15(20)18-14-4-5-14/h1-3,8-10,14H,4-7,16H2,(H,18,20). The summed E-state index contributed by atoms with van der Waals surface area (Å²) in [6, 6.07) is 8.11. The molecule has 1 aromatic heterocycles. The average molecular weight is 270 g/mol. The molecule has 5 nitrogen and oxygen atoms in total. The van der Waals surface area contributed by atoms with Crippen LogP contribution in [0.1, 0.15) is 19.3 Å². The molecule has 1 aromatic carbocycles. The fraction of sp³-hybridized carbons (Fsp3) is 0.333. The fourth-order valence-electron chi connectivity index (χ4n) is 2.10. The third-order valence-corrected chi connectivity index (χ3v) is 3.36. The van der Waals surface area contributed by atoms with Crippen LogP contribution in [0.15, 0.2) is 36.7 Å². The maximum Gasteiger partial charge on any atom is 0.222 e. The summed E-state index contributed by atoms with van der Waals surface area (Å²) in [5, 5.41) is 7.26. The van der Waals surface area contributed by atoms with Crippen molar-refractivity contribution in [3.63, 3.8) is 0 Å². The molecule has 1 saturated carbocycles. The number of nitrogens with zero attached hydrogens (tertiary/aromatic N) is 2. The number of nitrogens with two attached hydrogens (primary N) is 1. The summed E-state index contributed by atoms with van der Waals surface area (Å²) in [5.41, 5.74) is 8.56. The third-order valence-electron chi connectivity index (χ3n) is 3.36. The summed E-state index contributed by atoms with van der Waals surface area (Å²) < 4.78 is 1.80. The van der Waals surface area contributed by atoms with Crippen LogP contribution in [-0.4, -0.2) is 21.7 Å². The molecule has 3 N–H and O–H groups in total. The molecule has 1 aliphatic carbocycles. The lowest BCUT2D eigenvalue weighted by Crippen LogP contribution is -2.26. The topological polar surface area (TPSA) is 72.9 Å². The van der Waals surface area contributed by atoms with Gasteiger partial charge in [-0.25, -0.2) is 0 Å². The summed E-state index contributed by atoms with van der Waals surface area (Å²) in [6.45, 7) is 0.598. The van der Waals surface area contributed by atoms with Crippen LogP contribution in [0.2, 0.25) is 0 Å². The third kappa shape index (κ3) is 3.17. The Morgan fingerprint density at radius 1 is 1.40 bits per heavy atom. The van der Waals surface area contributed by atoms with E-state index in [1.54, 1.807) is 10.9 Å². The van der Waals surface area contributed by atoms with Crippen molar-refractivity contribution in [2.45, 2.75) is 31.8 Å². The Morgan fingerprint density at radius 2 is 2.25 bits per heavy atom. The number of carbonyl (C=O) groups excluding carboxylic acids is 1. The number of hydrogen-bond donors (Lipinski definition) is 2. The van der Waals surface area contributed by atoms with Gasteiger partial charge in [0.15, 0.2) is 0 Å². The van der Waals surface area contributed by atoms with Gasteiger partial charge in [0, 0.05) is 36.5 Å². The SMILES string of the molecule is Nc1cccc(-c2cnn(CCC(=O)NC3CC3)c2)c1. The number of aromatic nitrogens is 2. The lowest BCUT2D eigenvalue weighted by molar-refractivity contribution is -0.121. The molecule has 0 saturated heterocycles. The number of amides is 1. The Kier molecular flexibility index (Phi) is 3.41. The van der Waals surface area contributed by atoms with E-state index in [2.05, 4.69) is 10.4 Å². The van der Waals surface area contributed by atoms with Crippen LogP contribution in [0, 0.1) is 0 Å². The number of nitrogens with one attached hydrogen (secondary N) is 1. The Bertz CT molecular complexity index is 616. The Labute approximate surface area is 117 Å². The van der Waals surface area contributed by atoms with E-state index in [-0.39, 0.29) is 5.91 Å². The van der Waals surface area contributed by atoms with Crippen LogP contribution in [0.5, 0.6) is 0 Å². The molecule has 1 amide bonds. The van der Waals surface area contributed by atoms with Gasteiger partial charge in [0.1, 0.15) is 0 Å². The first kappa shape index (κ1) is 12.7. The summed E-state index contributed by atoms with van der Waals surface area (Å²) in [7, 11) is 0. The smallest absolute Gasteiger partial charge is 0.222 e. The molecule has 1 aliphatic rings. The van der Waals surface area contributed by atoms with Crippen LogP contribution in [0.3, 0.4) is 0 Å². The van der Waals surface area contributed by atoms with Gasteiger partial charge < -0.3 is 11.1 Å². The zero-order valence-corrected chi connectivity index (χ0v) is 11.2. The van der Waals surface area contributed by atoms with E-state index in [0.717, 1.165) is 29.7 Å². The van der Waals surface area contributed by atoms with Crippen molar-refractivity contribution in [1.29, 1.82) is 0 Å². The Hall–Kier alpha value is -2.30. The molecule has 104 valence electrons. The number of hydrogen-bond acceptors (Lipinski definition) is 3. The van der Waals surface area contributed by atoms with Crippen molar-refractivity contribution in [1.82, 2.24) is 15.1 Å². The Balaban J connectivity index is 1.60. The minimum Gasteiger partial charge on any atom is -0.399 e. The van der Waals surface area contributed by atoms with Gasteiger partial charge in [-0.2, -0.15) is 5.10 Å². The lowest BCUT2D eigenvalue weighted by atomic mass is 10.1. The van der Waals surface area contributed by atoms with Gasteiger partial charge in [0.25, 0.3) is 0 Å². The minimum atomic E-state index is 0.105. The second kappa shape index (κ2) is 5.36. The van der Waals surface area contributed by atoms with Crippen molar-refractivity contribution in [2.24, 2.45) is 0 Å². The van der Waals surface area contributed by atoms with Crippen molar-refractivity contribution >= 4 is 11.6 Å². The molecule has 0 bridgehead atoms. The van der Waals surface area contributed by atoms with Crippen LogP contribution in [0.4, 0.5) is 5.69 Å². The van der Waals surface area contributed by atoms with Gasteiger partial charge in [-0.15, -0.1) is 0 Å². The molecular formula is C15H18N4O. The van der Waals surface area contributed by atoms with Gasteiger partial charge >= 0.3 is 0 Å². The van der Waals surface area contributed by atoms with E-state index in [9.17, 15) is 4.79 Å². The first-order chi connectivity index (χ1) is 9.70. The molecule has 1 heterocycles. The fourth-order valence-corrected chi connectivity index (χ4v) is 2.10. The first-order valence-electron chi connectivity index (χ1n) is 6.88. The lowest BCUT2D eigenvalue weighted by Gasteiger charge is -2.03. The van der Waals surface area contributed by atoms with E-state index >= 15 is 0 Å². The summed E-state index contributed by atoms with van der Waals surface area (Å²) in [4.78, 5) is 11.6. The van der Waals surface area contributed by atoms with Crippen LogP contribution >= 0.6 is 0 Å². The van der Waals surface area contributed by atoms with Crippen LogP contribution in [-0.2, 0) is 11.3 Å². The number of aryl methyl sites for hydroxylation is 1. The maximum absolute atomic E-state index is 11.6. The number of benzene rings is 1. The van der Waals surface area contributed by atoms with E-state index in [4.69, 9.17) is 5.73 Å². The summed E-state index contributed by atoms with van der Waals surface area (Å²) >= 11 is 0. The number of carbonyl (C=O) groups is 1. The quantitative estimate of drug-likeness (QED) is 0.814. The molecule has 20 heavy (non-hydrogen) atoms. The second-order valence-corrected chi connectivity index (χ2v) is 5.21. The van der Waals surface area contributed by atoms with Crippen LogP contribution in [0.25, 0.3) is 11.1 Å². The summed E-state index contributed by atoms with van der Waals surface area (Å²) in [5.74, 6) is 0.105. The van der Waals surface area contributed by atoms with E-state index in [0.29, 0.717) is 19.0 Å². The van der Waals surface area contributed by atoms with Crippen molar-refractivity contribution in [2.75, 3.05) is 5.73 Å². The first-order valence-corrected chi connectivity index (χ1v) is 6.88. The molecule has 0 spiro atoms. The van der Waals surface area contributed by atoms with E-state index in [1.807, 2.05) is 30.5 Å². The molecule has 5 heteroatoms. The summed E-state index contributed by atoms with van der Waals surface area (Å²) in [6.07, 6.45) is 6.45. The normalized spacial score (nSPS) is 14.2. The molecule has 0 aliphatic heterocycles. The predicted octanol–water partition coefficient (Wildman–Crippen LogP) is 1.80. The highest BCUT2D eigenvalue weighted by Crippen LogP contribution is 2.21. The molecule has 0 unspecified atom stereocenters. The molecule has 0 atom stereocenters. The highest BCUT2D eigenvalue weighted by Gasteiger charge is 2.22. The van der Waals surface area contributed by atoms with Gasteiger partial charge in [-0.1, -0.05) is 12.1 Å². The maximum atomic E-state index is 11.6. The monoisotopic (exact) mass is 270 g/mol. The molecule has 1 fully saturated rings. The molecule has 3 rings (SSSR count). The zero-order valence-electron chi connectivity index (χ0n) is 11.2. The predicted molar refractivity (Wildman–Crippen MR) is 77.9 cm³/mol. The molecule has 0 radical (unpaired) electrons. The van der Waals surface area contributed by atoms with E-state index < -0.39 is 0 Å². The van der Waals surface area contributed by atoms with Crippen molar-refractivity contribution in [3.05, 3.63) is 36.7 Å². The largest absolute Gasteiger partial charge is 0.399 e. The zero-order chi connectivity index (χ0) is 13.9. The number of nitrogen functional groups attached to an aromatic ring is 1. The highest BCUT2D eigenvalue weighted by atomic mass is 16.1. The number of anilines is 1. The number of rotatable bonds is 5. The average Bonchev–Trinajstić information content (AvgIpc) is 3.11. The van der Waals surface area contributed by atoms with Crippen molar-refractivity contribution in [3.8, 4) is 11.1 Å². The molecule has 2 aromatic rings. The van der Waals surface area contributed by atoms with Crippen molar-refractivity contribution < 1.29 is 4.79 Å². The molecular weight excluding hydrogens is 252 g/mol. The Morgan fingerprint density at radius 3 is 3.00 bits per heavy atom. The highest BCUT2D eigenvalue weighted by molar-refractivity contribution is 5.76. The van der Waals surface area contributed by atoms with Crippen LogP contribution < -0.4 is 11.1 Å². The van der Waals surface area contributed by atoms with Gasteiger partial charge in [-0.3, -0.25) is 9.48 Å². The van der Waals surface area contributed by atoms with Gasteiger partial charge in [0.2, 0.25) is 5.91 Å².